The molecular weight excluding hydrogens is 270 g/mol. The van der Waals surface area contributed by atoms with Crippen LogP contribution in [0, 0.1) is 0 Å². The van der Waals surface area contributed by atoms with Gasteiger partial charge in [-0.15, -0.1) is 0 Å². The monoisotopic (exact) mass is 291 g/mol. The van der Waals surface area contributed by atoms with Crippen molar-refractivity contribution in [2.75, 3.05) is 20.2 Å². The molecule has 1 aromatic carbocycles. The highest BCUT2D eigenvalue weighted by Gasteiger charge is 2.44. The van der Waals surface area contributed by atoms with Crippen LogP contribution in [0.2, 0.25) is 0 Å². The molecule has 1 aliphatic heterocycles. The molecule has 2 rings (SSSR count). The van der Waals surface area contributed by atoms with Crippen molar-refractivity contribution >= 4 is 11.8 Å². The van der Waals surface area contributed by atoms with Gasteiger partial charge in [0.05, 0.1) is 25.2 Å². The van der Waals surface area contributed by atoms with Gasteiger partial charge in [-0.25, -0.2) is 0 Å². The first kappa shape index (κ1) is 15.5. The van der Waals surface area contributed by atoms with Crippen LogP contribution in [0.25, 0.3) is 0 Å². The standard InChI is InChI=1S/C15H21N3O3/c1-15(2)14(20)17-13(19)9-18(15)11(8-16)10-6-4-5-7-12(10)21-3/h4-7,11H,8-9,16H2,1-3H3,(H,17,19,20). The molecule has 3 N–H and O–H groups in total. The molecule has 1 atom stereocenters. The van der Waals surface area contributed by atoms with Crippen molar-refractivity contribution in [3.05, 3.63) is 29.8 Å². The first-order valence-electron chi connectivity index (χ1n) is 6.85. The molecule has 6 heteroatoms. The van der Waals surface area contributed by atoms with E-state index in [9.17, 15) is 9.59 Å². The van der Waals surface area contributed by atoms with Crippen molar-refractivity contribution < 1.29 is 14.3 Å². The van der Waals surface area contributed by atoms with Gasteiger partial charge >= 0.3 is 0 Å². The van der Waals surface area contributed by atoms with Gasteiger partial charge in [0.2, 0.25) is 11.8 Å². The van der Waals surface area contributed by atoms with Crippen LogP contribution in [0.4, 0.5) is 0 Å². The van der Waals surface area contributed by atoms with Gasteiger partial charge in [-0.2, -0.15) is 0 Å². The van der Waals surface area contributed by atoms with Crippen molar-refractivity contribution in [1.29, 1.82) is 0 Å². The van der Waals surface area contributed by atoms with Crippen LogP contribution < -0.4 is 15.8 Å². The summed E-state index contributed by atoms with van der Waals surface area (Å²) in [6.07, 6.45) is 0. The molecule has 0 radical (unpaired) electrons. The number of piperazine rings is 1. The largest absolute Gasteiger partial charge is 0.496 e. The van der Waals surface area contributed by atoms with Crippen LogP contribution in [0.5, 0.6) is 5.75 Å². The van der Waals surface area contributed by atoms with Crippen LogP contribution in [-0.2, 0) is 9.59 Å². The second-order valence-corrected chi connectivity index (χ2v) is 5.56. The molecule has 1 aliphatic rings. The lowest BCUT2D eigenvalue weighted by atomic mass is 9.93. The third-order valence-corrected chi connectivity index (χ3v) is 3.94. The molecule has 1 heterocycles. The van der Waals surface area contributed by atoms with Gasteiger partial charge in [-0.1, -0.05) is 18.2 Å². The van der Waals surface area contributed by atoms with Gasteiger partial charge in [0.15, 0.2) is 0 Å². The summed E-state index contributed by atoms with van der Waals surface area (Å²) >= 11 is 0. The summed E-state index contributed by atoms with van der Waals surface area (Å²) in [7, 11) is 1.59. The van der Waals surface area contributed by atoms with E-state index >= 15 is 0 Å². The number of methoxy groups -OCH3 is 1. The summed E-state index contributed by atoms with van der Waals surface area (Å²) in [6, 6.07) is 7.24. The molecule has 1 unspecified atom stereocenters. The predicted octanol–water partition coefficient (Wildman–Crippen LogP) is 0.432. The number of para-hydroxylation sites is 1. The average Bonchev–Trinajstić information content (AvgIpc) is 2.46. The Morgan fingerprint density at radius 2 is 2.05 bits per heavy atom. The fourth-order valence-electron chi connectivity index (χ4n) is 2.67. The minimum Gasteiger partial charge on any atom is -0.496 e. The van der Waals surface area contributed by atoms with E-state index in [1.54, 1.807) is 21.0 Å². The van der Waals surface area contributed by atoms with E-state index in [1.807, 2.05) is 29.2 Å². The maximum absolute atomic E-state index is 12.1. The SMILES string of the molecule is COc1ccccc1C(CN)N1CC(=O)NC(=O)C1(C)C. The Bertz CT molecular complexity index is 557. The van der Waals surface area contributed by atoms with Gasteiger partial charge in [-0.3, -0.25) is 19.8 Å². The summed E-state index contributed by atoms with van der Waals surface area (Å²) in [5.41, 5.74) is 5.98. The van der Waals surface area contributed by atoms with E-state index in [0.717, 1.165) is 5.56 Å². The lowest BCUT2D eigenvalue weighted by Crippen LogP contribution is -2.65. The zero-order valence-corrected chi connectivity index (χ0v) is 12.6. The highest BCUT2D eigenvalue weighted by atomic mass is 16.5. The lowest BCUT2D eigenvalue weighted by molar-refractivity contribution is -0.147. The van der Waals surface area contributed by atoms with Gasteiger partial charge in [0, 0.05) is 12.1 Å². The van der Waals surface area contributed by atoms with Gasteiger partial charge < -0.3 is 10.5 Å². The molecule has 1 aromatic rings. The minimum absolute atomic E-state index is 0.124. The fraction of sp³-hybridized carbons (Fsp3) is 0.467. The molecule has 6 nitrogen and oxygen atoms in total. The number of benzene rings is 1. The number of ether oxygens (including phenoxy) is 1. The number of amides is 2. The summed E-state index contributed by atoms with van der Waals surface area (Å²) in [6.45, 7) is 3.97. The number of nitrogens with one attached hydrogen (secondary N) is 1. The number of hydrogen-bond acceptors (Lipinski definition) is 5. The van der Waals surface area contributed by atoms with Crippen LogP contribution >= 0.6 is 0 Å². The Morgan fingerprint density at radius 3 is 2.67 bits per heavy atom. The van der Waals surface area contributed by atoms with Crippen LogP contribution in [-0.4, -0.2) is 42.5 Å². The second-order valence-electron chi connectivity index (χ2n) is 5.56. The van der Waals surface area contributed by atoms with Crippen LogP contribution in [0.3, 0.4) is 0 Å². The normalized spacial score (nSPS) is 20.0. The number of nitrogens with zero attached hydrogens (tertiary/aromatic N) is 1. The van der Waals surface area contributed by atoms with E-state index < -0.39 is 5.54 Å². The Labute approximate surface area is 124 Å². The number of carbonyl (C=O) groups excluding carboxylic acids is 2. The van der Waals surface area contributed by atoms with Crippen LogP contribution in [0.1, 0.15) is 25.5 Å². The van der Waals surface area contributed by atoms with Crippen molar-refractivity contribution in [2.24, 2.45) is 5.73 Å². The van der Waals surface area contributed by atoms with Crippen molar-refractivity contribution in [3.8, 4) is 5.75 Å². The highest BCUT2D eigenvalue weighted by Crippen LogP contribution is 2.34. The van der Waals surface area contributed by atoms with Gasteiger partial charge in [0.1, 0.15) is 5.75 Å². The summed E-state index contributed by atoms with van der Waals surface area (Å²) < 4.78 is 5.37. The number of carbonyl (C=O) groups is 2. The van der Waals surface area contributed by atoms with Crippen LogP contribution in [0.15, 0.2) is 24.3 Å². The lowest BCUT2D eigenvalue weighted by Gasteiger charge is -2.44. The molecular formula is C15H21N3O3. The average molecular weight is 291 g/mol. The summed E-state index contributed by atoms with van der Waals surface area (Å²) in [5.74, 6) is 0.0713. The molecule has 0 aliphatic carbocycles. The first-order valence-corrected chi connectivity index (χ1v) is 6.85. The van der Waals surface area contributed by atoms with Crippen molar-refractivity contribution in [2.45, 2.75) is 25.4 Å². The highest BCUT2D eigenvalue weighted by molar-refractivity contribution is 6.03. The molecule has 1 fully saturated rings. The van der Waals surface area contributed by atoms with E-state index in [4.69, 9.17) is 10.5 Å². The molecule has 0 saturated carbocycles. The molecule has 21 heavy (non-hydrogen) atoms. The van der Waals surface area contributed by atoms with E-state index in [0.29, 0.717) is 5.75 Å². The number of hydrogen-bond donors (Lipinski definition) is 2. The quantitative estimate of drug-likeness (QED) is 0.786. The maximum Gasteiger partial charge on any atom is 0.246 e. The fourth-order valence-corrected chi connectivity index (χ4v) is 2.67. The zero-order valence-electron chi connectivity index (χ0n) is 12.6. The second kappa shape index (κ2) is 5.83. The molecule has 114 valence electrons. The van der Waals surface area contributed by atoms with Crippen molar-refractivity contribution in [1.82, 2.24) is 10.2 Å². The Morgan fingerprint density at radius 1 is 1.38 bits per heavy atom. The topological polar surface area (TPSA) is 84.7 Å². The molecule has 1 saturated heterocycles. The number of nitrogens with two attached hydrogens (primary N) is 1. The maximum atomic E-state index is 12.1. The molecule has 2 amide bonds. The molecule has 0 spiro atoms. The Kier molecular flexibility index (Phi) is 4.29. The predicted molar refractivity (Wildman–Crippen MR) is 78.7 cm³/mol. The first-order chi connectivity index (χ1) is 9.91. The minimum atomic E-state index is -0.821. The third kappa shape index (κ3) is 2.77. The number of rotatable bonds is 4. The summed E-state index contributed by atoms with van der Waals surface area (Å²) in [4.78, 5) is 25.7. The third-order valence-electron chi connectivity index (χ3n) is 3.94. The Hall–Kier alpha value is -1.92. The smallest absolute Gasteiger partial charge is 0.246 e. The van der Waals surface area contributed by atoms with E-state index in [2.05, 4.69) is 5.32 Å². The summed E-state index contributed by atoms with van der Waals surface area (Å²) in [5, 5.41) is 2.37. The molecule has 0 aromatic heterocycles. The van der Waals surface area contributed by atoms with Crippen molar-refractivity contribution in [3.63, 3.8) is 0 Å². The van der Waals surface area contributed by atoms with Gasteiger partial charge in [0.25, 0.3) is 0 Å². The van der Waals surface area contributed by atoms with Gasteiger partial charge in [-0.05, 0) is 19.9 Å². The Balaban J connectivity index is 2.44. The van der Waals surface area contributed by atoms with E-state index in [1.165, 1.54) is 0 Å². The number of imide groups is 1. The zero-order chi connectivity index (χ0) is 15.6. The molecule has 0 bridgehead atoms. The van der Waals surface area contributed by atoms with E-state index in [-0.39, 0.29) is 30.9 Å².